The summed E-state index contributed by atoms with van der Waals surface area (Å²) in [6, 6.07) is 9.71. The molecule has 0 aromatic heterocycles. The van der Waals surface area contributed by atoms with Crippen molar-refractivity contribution in [1.82, 2.24) is 0 Å². The summed E-state index contributed by atoms with van der Waals surface area (Å²) in [5.41, 5.74) is 0.927. The number of hydrogen-bond acceptors (Lipinski definition) is 6. The van der Waals surface area contributed by atoms with E-state index in [-0.39, 0.29) is 22.8 Å². The van der Waals surface area contributed by atoms with Crippen LogP contribution in [-0.2, 0) is 9.53 Å². The first-order chi connectivity index (χ1) is 13.3. The summed E-state index contributed by atoms with van der Waals surface area (Å²) in [4.78, 5) is 35.1. The molecule has 28 heavy (non-hydrogen) atoms. The van der Waals surface area contributed by atoms with Crippen molar-refractivity contribution in [2.24, 2.45) is 0 Å². The van der Waals surface area contributed by atoms with Crippen molar-refractivity contribution in [3.8, 4) is 11.5 Å². The topological polar surface area (TPSA) is 90.9 Å². The van der Waals surface area contributed by atoms with Crippen molar-refractivity contribution in [3.63, 3.8) is 0 Å². The lowest BCUT2D eigenvalue weighted by atomic mass is 10.1. The standard InChI is InChI=1S/C19H17F2NO6/c1-11(23)12-3-6-14(7-4-12)22-17(24)10-27-18(25)13-5-8-15(28-19(20)21)16(9-13)26-2/h3-9,19H,10H2,1-2H3,(H,22,24). The van der Waals surface area contributed by atoms with Gasteiger partial charge < -0.3 is 19.5 Å². The highest BCUT2D eigenvalue weighted by atomic mass is 19.3. The fourth-order valence-electron chi connectivity index (χ4n) is 2.19. The highest BCUT2D eigenvalue weighted by Crippen LogP contribution is 2.29. The summed E-state index contributed by atoms with van der Waals surface area (Å²) < 4.78 is 38.7. The highest BCUT2D eigenvalue weighted by Gasteiger charge is 2.16. The van der Waals surface area contributed by atoms with Crippen molar-refractivity contribution < 1.29 is 37.4 Å². The molecule has 7 nitrogen and oxygen atoms in total. The number of Topliss-reactive ketones (excluding diaryl/α,β-unsaturated/α-hetero) is 1. The smallest absolute Gasteiger partial charge is 0.387 e. The van der Waals surface area contributed by atoms with Gasteiger partial charge >= 0.3 is 12.6 Å². The van der Waals surface area contributed by atoms with Crippen LogP contribution in [0.15, 0.2) is 42.5 Å². The summed E-state index contributed by atoms with van der Waals surface area (Å²) in [6.07, 6.45) is 0. The van der Waals surface area contributed by atoms with Crippen LogP contribution in [0, 0.1) is 0 Å². The number of rotatable bonds is 8. The SMILES string of the molecule is COc1cc(C(=O)OCC(=O)Nc2ccc(C(C)=O)cc2)ccc1OC(F)F. The lowest BCUT2D eigenvalue weighted by Crippen LogP contribution is -2.21. The van der Waals surface area contributed by atoms with Crippen molar-refractivity contribution in [3.05, 3.63) is 53.6 Å². The molecule has 0 atom stereocenters. The molecular formula is C19H17F2NO6. The number of halogens is 2. The second-order valence-electron chi connectivity index (χ2n) is 5.50. The predicted molar refractivity (Wildman–Crippen MR) is 95.0 cm³/mol. The Labute approximate surface area is 159 Å². The normalized spacial score (nSPS) is 10.3. The first kappa shape index (κ1) is 20.8. The average Bonchev–Trinajstić information content (AvgIpc) is 2.66. The molecule has 0 fully saturated rings. The van der Waals surface area contributed by atoms with Crippen LogP contribution in [0.1, 0.15) is 27.6 Å². The number of ketones is 1. The Morgan fingerprint density at radius 3 is 2.21 bits per heavy atom. The second kappa shape index (κ2) is 9.45. The van der Waals surface area contributed by atoms with Crippen molar-refractivity contribution >= 4 is 23.3 Å². The second-order valence-corrected chi connectivity index (χ2v) is 5.50. The monoisotopic (exact) mass is 393 g/mol. The molecule has 1 amide bonds. The third kappa shape index (κ3) is 5.76. The van der Waals surface area contributed by atoms with E-state index in [2.05, 4.69) is 10.1 Å². The van der Waals surface area contributed by atoms with Gasteiger partial charge in [-0.2, -0.15) is 8.78 Å². The summed E-state index contributed by atoms with van der Waals surface area (Å²) in [6.45, 7) is -2.18. The van der Waals surface area contributed by atoms with Gasteiger partial charge in [-0.05, 0) is 49.4 Å². The Morgan fingerprint density at radius 1 is 1.00 bits per heavy atom. The van der Waals surface area contributed by atoms with E-state index in [0.29, 0.717) is 11.3 Å². The van der Waals surface area contributed by atoms with Crippen LogP contribution in [0.3, 0.4) is 0 Å². The van der Waals surface area contributed by atoms with Gasteiger partial charge in [0, 0.05) is 11.3 Å². The molecule has 2 aromatic carbocycles. The molecule has 148 valence electrons. The zero-order valence-corrected chi connectivity index (χ0v) is 15.0. The third-order valence-electron chi connectivity index (χ3n) is 3.52. The average molecular weight is 393 g/mol. The van der Waals surface area contributed by atoms with Crippen molar-refractivity contribution in [2.75, 3.05) is 19.0 Å². The molecule has 1 N–H and O–H groups in total. The minimum Gasteiger partial charge on any atom is -0.493 e. The van der Waals surface area contributed by atoms with Gasteiger partial charge in [0.15, 0.2) is 23.9 Å². The number of benzene rings is 2. The molecule has 2 aromatic rings. The zero-order valence-electron chi connectivity index (χ0n) is 15.0. The molecular weight excluding hydrogens is 376 g/mol. The first-order valence-corrected chi connectivity index (χ1v) is 8.01. The molecule has 0 saturated carbocycles. The number of amides is 1. The number of methoxy groups -OCH3 is 1. The summed E-state index contributed by atoms with van der Waals surface area (Å²) in [5.74, 6) is -1.85. The molecule has 0 heterocycles. The Hall–Kier alpha value is -3.49. The number of nitrogens with one attached hydrogen (secondary N) is 1. The Bertz CT molecular complexity index is 867. The quantitative estimate of drug-likeness (QED) is 0.547. The van der Waals surface area contributed by atoms with Gasteiger partial charge in [-0.3, -0.25) is 9.59 Å². The van der Waals surface area contributed by atoms with Crippen molar-refractivity contribution in [2.45, 2.75) is 13.5 Å². The Balaban J connectivity index is 1.93. The van der Waals surface area contributed by atoms with Crippen LogP contribution >= 0.6 is 0 Å². The minimum atomic E-state index is -3.04. The molecule has 0 unspecified atom stereocenters. The summed E-state index contributed by atoms with van der Waals surface area (Å²) in [5, 5.41) is 2.51. The third-order valence-corrected chi connectivity index (χ3v) is 3.52. The van der Waals surface area contributed by atoms with Crippen LogP contribution < -0.4 is 14.8 Å². The molecule has 9 heteroatoms. The van der Waals surface area contributed by atoms with E-state index in [0.717, 1.165) is 6.07 Å². The number of ether oxygens (including phenoxy) is 3. The van der Waals surface area contributed by atoms with Crippen molar-refractivity contribution in [1.29, 1.82) is 0 Å². The lowest BCUT2D eigenvalue weighted by Gasteiger charge is -2.11. The fraction of sp³-hybridized carbons (Fsp3) is 0.211. The van der Waals surface area contributed by atoms with E-state index in [4.69, 9.17) is 9.47 Å². The maximum atomic E-state index is 12.3. The van der Waals surface area contributed by atoms with E-state index >= 15 is 0 Å². The lowest BCUT2D eigenvalue weighted by molar-refractivity contribution is -0.119. The van der Waals surface area contributed by atoms with Gasteiger partial charge in [0.25, 0.3) is 5.91 Å². The van der Waals surface area contributed by atoms with Gasteiger partial charge in [-0.15, -0.1) is 0 Å². The predicted octanol–water partition coefficient (Wildman–Crippen LogP) is 3.29. The first-order valence-electron chi connectivity index (χ1n) is 8.01. The number of carbonyl (C=O) groups is 3. The van der Waals surface area contributed by atoms with E-state index in [1.807, 2.05) is 0 Å². The molecule has 0 radical (unpaired) electrons. The molecule has 0 saturated heterocycles. The van der Waals surface area contributed by atoms with E-state index < -0.39 is 25.1 Å². The van der Waals surface area contributed by atoms with E-state index in [1.165, 1.54) is 26.2 Å². The summed E-state index contributed by atoms with van der Waals surface area (Å²) in [7, 11) is 1.23. The van der Waals surface area contributed by atoms with E-state index in [9.17, 15) is 23.2 Å². The molecule has 0 spiro atoms. The number of esters is 1. The van der Waals surface area contributed by atoms with E-state index in [1.54, 1.807) is 24.3 Å². The Kier molecular flexibility index (Phi) is 7.02. The number of carbonyl (C=O) groups excluding carboxylic acids is 3. The molecule has 0 aliphatic heterocycles. The largest absolute Gasteiger partial charge is 0.493 e. The van der Waals surface area contributed by atoms with Gasteiger partial charge in [0.05, 0.1) is 12.7 Å². The maximum absolute atomic E-state index is 12.3. The van der Waals surface area contributed by atoms with Gasteiger partial charge in [-0.25, -0.2) is 4.79 Å². The van der Waals surface area contributed by atoms with Gasteiger partial charge in [0.2, 0.25) is 0 Å². The minimum absolute atomic E-state index is 0.00271. The highest BCUT2D eigenvalue weighted by molar-refractivity contribution is 5.97. The van der Waals surface area contributed by atoms with Crippen LogP contribution in [0.25, 0.3) is 0 Å². The molecule has 0 bridgehead atoms. The number of anilines is 1. The molecule has 2 rings (SSSR count). The zero-order chi connectivity index (χ0) is 20.7. The van der Waals surface area contributed by atoms with Crippen LogP contribution in [0.4, 0.5) is 14.5 Å². The number of hydrogen-bond donors (Lipinski definition) is 1. The summed E-state index contributed by atoms with van der Waals surface area (Å²) >= 11 is 0. The van der Waals surface area contributed by atoms with Gasteiger partial charge in [0.1, 0.15) is 0 Å². The number of alkyl halides is 2. The van der Waals surface area contributed by atoms with Gasteiger partial charge in [-0.1, -0.05) is 0 Å². The molecule has 0 aliphatic carbocycles. The van der Waals surface area contributed by atoms with Crippen LogP contribution in [0.5, 0.6) is 11.5 Å². The van der Waals surface area contributed by atoms with Crippen LogP contribution in [-0.4, -0.2) is 38.0 Å². The fourth-order valence-corrected chi connectivity index (χ4v) is 2.19. The molecule has 0 aliphatic rings. The maximum Gasteiger partial charge on any atom is 0.387 e. The van der Waals surface area contributed by atoms with Crippen LogP contribution in [0.2, 0.25) is 0 Å². The Morgan fingerprint density at radius 2 is 1.64 bits per heavy atom.